The minimum absolute atomic E-state index is 0.156. The van der Waals surface area contributed by atoms with Gasteiger partial charge in [0.25, 0.3) is 0 Å². The van der Waals surface area contributed by atoms with E-state index in [0.717, 1.165) is 33.3 Å². The van der Waals surface area contributed by atoms with E-state index >= 15 is 0 Å². The van der Waals surface area contributed by atoms with E-state index in [9.17, 15) is 13.2 Å². The first-order chi connectivity index (χ1) is 14.7. The molecule has 6 nitrogen and oxygen atoms in total. The van der Waals surface area contributed by atoms with Crippen molar-refractivity contribution in [1.29, 1.82) is 0 Å². The van der Waals surface area contributed by atoms with Gasteiger partial charge in [0.15, 0.2) is 15.0 Å². The van der Waals surface area contributed by atoms with Crippen molar-refractivity contribution < 1.29 is 13.2 Å². The number of rotatable bonds is 9. The Morgan fingerprint density at radius 1 is 1.06 bits per heavy atom. The van der Waals surface area contributed by atoms with Crippen LogP contribution < -0.4 is 4.90 Å². The summed E-state index contributed by atoms with van der Waals surface area (Å²) in [5, 5.41) is 0.518. The van der Waals surface area contributed by atoms with Crippen molar-refractivity contribution >= 4 is 58.4 Å². The number of halogens is 1. The summed E-state index contributed by atoms with van der Waals surface area (Å²) >= 11 is 4.85. The van der Waals surface area contributed by atoms with Gasteiger partial charge in [0.05, 0.1) is 15.1 Å². The van der Waals surface area contributed by atoms with Crippen LogP contribution in [0.25, 0.3) is 10.2 Å². The monoisotopic (exact) mass is 523 g/mol. The molecule has 0 atom stereocenters. The summed E-state index contributed by atoms with van der Waals surface area (Å²) in [4.78, 5) is 21.7. The van der Waals surface area contributed by atoms with Gasteiger partial charge in [0.1, 0.15) is 5.75 Å². The van der Waals surface area contributed by atoms with Crippen molar-refractivity contribution in [3.8, 4) is 0 Å². The summed E-state index contributed by atoms with van der Waals surface area (Å²) in [6.07, 6.45) is 0. The molecule has 0 aliphatic rings. The fourth-order valence-corrected chi connectivity index (χ4v) is 5.94. The predicted molar refractivity (Wildman–Crippen MR) is 131 cm³/mol. The molecule has 31 heavy (non-hydrogen) atoms. The maximum Gasteiger partial charge on any atom is 0.244 e. The van der Waals surface area contributed by atoms with E-state index in [2.05, 4.69) is 39.7 Å². The van der Waals surface area contributed by atoms with E-state index in [4.69, 9.17) is 0 Å². The van der Waals surface area contributed by atoms with Gasteiger partial charge in [-0.15, -0.1) is 0 Å². The number of nitrogens with zero attached hydrogens (tertiary/aromatic N) is 3. The van der Waals surface area contributed by atoms with Gasteiger partial charge in [-0.25, -0.2) is 13.4 Å². The molecule has 1 heterocycles. The average molecular weight is 525 g/mol. The average Bonchev–Trinajstić information content (AvgIpc) is 3.13. The Balaban J connectivity index is 1.90. The summed E-state index contributed by atoms with van der Waals surface area (Å²) in [5.41, 5.74) is 1.75. The Kier molecular flexibility index (Phi) is 7.85. The molecule has 0 saturated carbocycles. The lowest BCUT2D eigenvalue weighted by molar-refractivity contribution is -0.116. The molecular formula is C22H26BrN3O3S2. The largest absolute Gasteiger partial charge is 0.302 e. The first kappa shape index (κ1) is 23.8. The standard InChI is InChI=1S/C22H26BrN3O3S2/c1-4-25(5-2)12-13-26(22-24-19-11-8-17(23)14-20(19)30-22)21(27)15-31(28,29)18-9-6-16(3)7-10-18/h6-11,14H,4-5,12-13,15H2,1-3H3. The molecule has 1 aromatic heterocycles. The molecule has 166 valence electrons. The van der Waals surface area contributed by atoms with E-state index in [1.807, 2.05) is 25.1 Å². The van der Waals surface area contributed by atoms with Crippen molar-refractivity contribution in [2.75, 3.05) is 36.8 Å². The van der Waals surface area contributed by atoms with Gasteiger partial charge in [-0.05, 0) is 50.3 Å². The van der Waals surface area contributed by atoms with Gasteiger partial charge in [-0.2, -0.15) is 0 Å². The number of hydrogen-bond acceptors (Lipinski definition) is 6. The number of fused-ring (bicyclic) bond motifs is 1. The molecule has 0 spiro atoms. The summed E-state index contributed by atoms with van der Waals surface area (Å²) in [6, 6.07) is 12.3. The highest BCUT2D eigenvalue weighted by atomic mass is 79.9. The summed E-state index contributed by atoms with van der Waals surface area (Å²) in [5.74, 6) is -1.06. The molecule has 1 amide bonds. The highest BCUT2D eigenvalue weighted by Crippen LogP contribution is 2.31. The molecule has 3 aromatic rings. The third-order valence-corrected chi connectivity index (χ3v) is 8.25. The molecule has 2 aromatic carbocycles. The van der Waals surface area contributed by atoms with Crippen LogP contribution in [0.3, 0.4) is 0 Å². The summed E-state index contributed by atoms with van der Waals surface area (Å²) in [6.45, 7) is 8.75. The van der Waals surface area contributed by atoms with Crippen LogP contribution in [-0.4, -0.2) is 56.1 Å². The van der Waals surface area contributed by atoms with Gasteiger partial charge in [0, 0.05) is 17.6 Å². The summed E-state index contributed by atoms with van der Waals surface area (Å²) in [7, 11) is -3.75. The molecule has 9 heteroatoms. The van der Waals surface area contributed by atoms with Crippen LogP contribution in [-0.2, 0) is 14.6 Å². The highest BCUT2D eigenvalue weighted by Gasteiger charge is 2.27. The maximum atomic E-state index is 13.2. The fraction of sp³-hybridized carbons (Fsp3) is 0.364. The number of aryl methyl sites for hydroxylation is 1. The highest BCUT2D eigenvalue weighted by molar-refractivity contribution is 9.10. The Hall–Kier alpha value is -1.81. The number of thiazole rings is 1. The Bertz CT molecular complexity index is 1160. The van der Waals surface area contributed by atoms with Gasteiger partial charge in [-0.1, -0.05) is 58.8 Å². The first-order valence-corrected chi connectivity index (χ1v) is 13.4. The van der Waals surface area contributed by atoms with E-state index in [0.29, 0.717) is 18.2 Å². The van der Waals surface area contributed by atoms with Gasteiger partial charge < -0.3 is 4.90 Å². The van der Waals surface area contributed by atoms with Crippen LogP contribution >= 0.6 is 27.3 Å². The van der Waals surface area contributed by atoms with E-state index < -0.39 is 21.5 Å². The normalized spacial score (nSPS) is 11.9. The van der Waals surface area contributed by atoms with Crippen molar-refractivity contribution in [3.05, 3.63) is 52.5 Å². The van der Waals surface area contributed by atoms with E-state index in [-0.39, 0.29) is 4.90 Å². The lowest BCUT2D eigenvalue weighted by atomic mass is 10.2. The number of likely N-dealkylation sites (N-methyl/N-ethyl adjacent to an activating group) is 1. The number of benzene rings is 2. The molecule has 0 bridgehead atoms. The maximum absolute atomic E-state index is 13.2. The Labute approximate surface area is 195 Å². The molecule has 0 saturated heterocycles. The molecule has 0 fully saturated rings. The van der Waals surface area contributed by atoms with Crippen LogP contribution in [0.1, 0.15) is 19.4 Å². The predicted octanol–water partition coefficient (Wildman–Crippen LogP) is 4.52. The second-order valence-corrected chi connectivity index (χ2v) is 11.2. The smallest absolute Gasteiger partial charge is 0.244 e. The zero-order valence-electron chi connectivity index (χ0n) is 17.8. The van der Waals surface area contributed by atoms with Crippen LogP contribution in [0.4, 0.5) is 5.13 Å². The zero-order chi connectivity index (χ0) is 22.6. The molecule has 0 N–H and O–H groups in total. The SMILES string of the molecule is CCN(CC)CCN(C(=O)CS(=O)(=O)c1ccc(C)cc1)c1nc2ccc(Br)cc2s1. The molecular weight excluding hydrogens is 498 g/mol. The number of amides is 1. The number of anilines is 1. The topological polar surface area (TPSA) is 70.6 Å². The quantitative estimate of drug-likeness (QED) is 0.412. The zero-order valence-corrected chi connectivity index (χ0v) is 21.1. The number of carbonyl (C=O) groups is 1. The van der Waals surface area contributed by atoms with Crippen LogP contribution in [0.5, 0.6) is 0 Å². The number of carbonyl (C=O) groups excluding carboxylic acids is 1. The fourth-order valence-electron chi connectivity index (χ4n) is 3.18. The Morgan fingerprint density at radius 2 is 1.74 bits per heavy atom. The number of hydrogen-bond donors (Lipinski definition) is 0. The van der Waals surface area contributed by atoms with Crippen molar-refractivity contribution in [3.63, 3.8) is 0 Å². The van der Waals surface area contributed by atoms with Crippen molar-refractivity contribution in [2.24, 2.45) is 0 Å². The molecule has 0 unspecified atom stereocenters. The molecule has 0 radical (unpaired) electrons. The van der Waals surface area contributed by atoms with Gasteiger partial charge in [0.2, 0.25) is 5.91 Å². The minimum Gasteiger partial charge on any atom is -0.302 e. The molecule has 3 rings (SSSR count). The van der Waals surface area contributed by atoms with E-state index in [1.165, 1.54) is 16.2 Å². The first-order valence-electron chi connectivity index (χ1n) is 10.1. The van der Waals surface area contributed by atoms with Gasteiger partial charge >= 0.3 is 0 Å². The lowest BCUT2D eigenvalue weighted by Crippen LogP contribution is -2.41. The summed E-state index contributed by atoms with van der Waals surface area (Å²) < 4.78 is 27.6. The van der Waals surface area contributed by atoms with Crippen molar-refractivity contribution in [2.45, 2.75) is 25.7 Å². The lowest BCUT2D eigenvalue weighted by Gasteiger charge is -2.24. The van der Waals surface area contributed by atoms with Crippen LogP contribution in [0, 0.1) is 6.92 Å². The van der Waals surface area contributed by atoms with Gasteiger partial charge in [-0.3, -0.25) is 9.69 Å². The second-order valence-electron chi connectivity index (χ2n) is 7.25. The number of aromatic nitrogens is 1. The Morgan fingerprint density at radius 3 is 2.39 bits per heavy atom. The molecule has 0 aliphatic carbocycles. The second kappa shape index (κ2) is 10.2. The number of sulfone groups is 1. The third-order valence-electron chi connectivity index (χ3n) is 5.10. The van der Waals surface area contributed by atoms with Crippen LogP contribution in [0.2, 0.25) is 0 Å². The molecule has 0 aliphatic heterocycles. The minimum atomic E-state index is -3.75. The van der Waals surface area contributed by atoms with Crippen LogP contribution in [0.15, 0.2) is 51.8 Å². The van der Waals surface area contributed by atoms with E-state index in [1.54, 1.807) is 24.3 Å². The third kappa shape index (κ3) is 5.91. The van der Waals surface area contributed by atoms with Crippen molar-refractivity contribution in [1.82, 2.24) is 9.88 Å².